The van der Waals surface area contributed by atoms with Crippen molar-refractivity contribution in [2.24, 2.45) is 23.7 Å². The molecule has 0 saturated heterocycles. The summed E-state index contributed by atoms with van der Waals surface area (Å²) in [6.45, 7) is 4.45. The highest BCUT2D eigenvalue weighted by molar-refractivity contribution is 5.35. The molecule has 2 fully saturated rings. The van der Waals surface area contributed by atoms with Gasteiger partial charge in [0.2, 0.25) is 11.6 Å². The summed E-state index contributed by atoms with van der Waals surface area (Å²) in [6, 6.07) is 2.87. The molecular weight excluding hydrogens is 401 g/mol. The zero-order valence-corrected chi connectivity index (χ0v) is 19.0. The Hall–Kier alpha value is -1.65. The molecule has 0 N–H and O–H groups in total. The van der Waals surface area contributed by atoms with Crippen LogP contribution in [-0.4, -0.2) is 13.2 Å². The van der Waals surface area contributed by atoms with Gasteiger partial charge in [0.1, 0.15) is 0 Å². The summed E-state index contributed by atoms with van der Waals surface area (Å²) in [5, 5.41) is 0. The van der Waals surface area contributed by atoms with Crippen LogP contribution in [0, 0.1) is 35.3 Å². The third-order valence-corrected chi connectivity index (χ3v) is 7.07. The first kappa shape index (κ1) is 24.0. The van der Waals surface area contributed by atoms with Gasteiger partial charge in [-0.15, -0.1) is 0 Å². The van der Waals surface area contributed by atoms with E-state index in [0.29, 0.717) is 24.9 Å². The average molecular weight is 439 g/mol. The van der Waals surface area contributed by atoms with Crippen molar-refractivity contribution in [3.63, 3.8) is 0 Å². The fourth-order valence-electron chi connectivity index (χ4n) is 5.29. The third kappa shape index (κ3) is 6.66. The van der Waals surface area contributed by atoms with Crippen LogP contribution in [0.2, 0.25) is 0 Å². The van der Waals surface area contributed by atoms with Crippen LogP contribution in [0.4, 0.5) is 13.2 Å². The Morgan fingerprint density at radius 2 is 1.42 bits per heavy atom. The molecule has 0 radical (unpaired) electrons. The molecule has 2 aliphatic carbocycles. The lowest BCUT2D eigenvalue weighted by Gasteiger charge is -2.37. The predicted molar refractivity (Wildman–Crippen MR) is 118 cm³/mol. The van der Waals surface area contributed by atoms with Crippen LogP contribution >= 0.6 is 0 Å². The number of benzene rings is 1. The molecule has 31 heavy (non-hydrogen) atoms. The van der Waals surface area contributed by atoms with E-state index in [9.17, 15) is 13.2 Å². The summed E-state index contributed by atoms with van der Waals surface area (Å²) in [7, 11) is 0. The molecule has 0 aromatic heterocycles. The van der Waals surface area contributed by atoms with Crippen LogP contribution in [-0.2, 0) is 0 Å². The standard InChI is InChI=1S/C26H37F3O2/c1-3-5-22(27)16-18-6-10-20(11-7-18)21-12-8-19(9-13-21)17-31-24-15-14-23(30-4-2)25(28)26(24)29/h14-16,18-21H,3-13,17H2,1-2H3/b22-16-. The van der Waals surface area contributed by atoms with Crippen molar-refractivity contribution in [1.82, 2.24) is 0 Å². The topological polar surface area (TPSA) is 18.5 Å². The fourth-order valence-corrected chi connectivity index (χ4v) is 5.29. The van der Waals surface area contributed by atoms with Gasteiger partial charge in [0, 0.05) is 0 Å². The Morgan fingerprint density at radius 1 is 0.871 bits per heavy atom. The molecule has 0 unspecified atom stereocenters. The molecule has 2 aliphatic rings. The van der Waals surface area contributed by atoms with E-state index in [1.165, 1.54) is 37.8 Å². The molecule has 5 heteroatoms. The largest absolute Gasteiger partial charge is 0.491 e. The number of ether oxygens (including phenoxy) is 2. The zero-order valence-electron chi connectivity index (χ0n) is 19.0. The first-order chi connectivity index (χ1) is 15.0. The monoisotopic (exact) mass is 438 g/mol. The minimum atomic E-state index is -0.983. The molecule has 3 rings (SSSR count). The molecule has 0 spiro atoms. The Morgan fingerprint density at radius 3 is 1.97 bits per heavy atom. The Labute approximate surface area is 185 Å². The highest BCUT2D eigenvalue weighted by atomic mass is 19.2. The fraction of sp³-hybridized carbons (Fsp3) is 0.692. The maximum atomic E-state index is 14.2. The molecule has 2 nitrogen and oxygen atoms in total. The van der Waals surface area contributed by atoms with Gasteiger partial charge in [-0.25, -0.2) is 4.39 Å². The lowest BCUT2D eigenvalue weighted by atomic mass is 9.69. The van der Waals surface area contributed by atoms with Gasteiger partial charge in [-0.1, -0.05) is 6.92 Å². The molecular formula is C26H37F3O2. The summed E-state index contributed by atoms with van der Waals surface area (Å²) in [5.41, 5.74) is 0. The SMILES string of the molecule is CCC/C(F)=C/C1CCC(C2CCC(COc3ccc(OCC)c(F)c3F)CC2)CC1. The van der Waals surface area contributed by atoms with Gasteiger partial charge < -0.3 is 9.47 Å². The van der Waals surface area contributed by atoms with Crippen molar-refractivity contribution >= 4 is 0 Å². The van der Waals surface area contributed by atoms with Gasteiger partial charge >= 0.3 is 0 Å². The third-order valence-electron chi connectivity index (χ3n) is 7.07. The molecule has 0 bridgehead atoms. The number of hydrogen-bond acceptors (Lipinski definition) is 2. The van der Waals surface area contributed by atoms with E-state index in [1.54, 1.807) is 6.92 Å². The molecule has 0 atom stereocenters. The minimum Gasteiger partial charge on any atom is -0.491 e. The van der Waals surface area contributed by atoms with E-state index < -0.39 is 11.6 Å². The number of allylic oxidation sites excluding steroid dienone is 2. The maximum Gasteiger partial charge on any atom is 0.204 e. The van der Waals surface area contributed by atoms with Crippen LogP contribution in [0.25, 0.3) is 0 Å². The van der Waals surface area contributed by atoms with Crippen LogP contribution in [0.1, 0.15) is 78.1 Å². The van der Waals surface area contributed by atoms with Crippen molar-refractivity contribution < 1.29 is 22.6 Å². The quantitative estimate of drug-likeness (QED) is 0.389. The van der Waals surface area contributed by atoms with Crippen LogP contribution in [0.15, 0.2) is 24.0 Å². The van der Waals surface area contributed by atoms with Gasteiger partial charge in [0.15, 0.2) is 11.5 Å². The lowest BCUT2D eigenvalue weighted by molar-refractivity contribution is 0.127. The minimum absolute atomic E-state index is 0.0373. The van der Waals surface area contributed by atoms with Gasteiger partial charge in [-0.2, -0.15) is 8.78 Å². The zero-order chi connectivity index (χ0) is 22.2. The molecule has 1 aromatic rings. The number of rotatable bonds is 9. The van der Waals surface area contributed by atoms with E-state index in [4.69, 9.17) is 9.47 Å². The van der Waals surface area contributed by atoms with Gasteiger partial charge in [0.05, 0.1) is 19.0 Å². The normalized spacial score (nSPS) is 27.2. The van der Waals surface area contributed by atoms with E-state index >= 15 is 0 Å². The first-order valence-electron chi connectivity index (χ1n) is 12.1. The highest BCUT2D eigenvalue weighted by Crippen LogP contribution is 2.42. The van der Waals surface area contributed by atoms with E-state index in [2.05, 4.69) is 0 Å². The first-order valence-corrected chi connectivity index (χ1v) is 12.1. The predicted octanol–water partition coefficient (Wildman–Crippen LogP) is 8.01. The maximum absolute atomic E-state index is 14.2. The lowest BCUT2D eigenvalue weighted by Crippen LogP contribution is -2.27. The second kappa shape index (κ2) is 11.8. The molecule has 0 heterocycles. The molecule has 174 valence electrons. The number of hydrogen-bond donors (Lipinski definition) is 0. The second-order valence-electron chi connectivity index (χ2n) is 9.25. The van der Waals surface area contributed by atoms with Crippen LogP contribution in [0.3, 0.4) is 0 Å². The number of halogens is 3. The molecule has 1 aromatic carbocycles. The second-order valence-corrected chi connectivity index (χ2v) is 9.25. The van der Waals surface area contributed by atoms with E-state index in [0.717, 1.165) is 43.9 Å². The molecule has 0 aliphatic heterocycles. The summed E-state index contributed by atoms with van der Waals surface area (Å²) < 4.78 is 52.7. The van der Waals surface area contributed by atoms with Crippen LogP contribution < -0.4 is 9.47 Å². The summed E-state index contributed by atoms with van der Waals surface area (Å²) in [4.78, 5) is 0. The molecule has 2 saturated carbocycles. The summed E-state index contributed by atoms with van der Waals surface area (Å²) >= 11 is 0. The van der Waals surface area contributed by atoms with E-state index in [1.807, 2.05) is 13.0 Å². The van der Waals surface area contributed by atoms with Crippen molar-refractivity contribution in [2.45, 2.75) is 78.1 Å². The van der Waals surface area contributed by atoms with Crippen molar-refractivity contribution in [3.05, 3.63) is 35.7 Å². The van der Waals surface area contributed by atoms with Gasteiger partial charge in [0.25, 0.3) is 0 Å². The Balaban J connectivity index is 1.41. The van der Waals surface area contributed by atoms with Crippen molar-refractivity contribution in [1.29, 1.82) is 0 Å². The van der Waals surface area contributed by atoms with Crippen molar-refractivity contribution in [3.8, 4) is 11.5 Å². The smallest absolute Gasteiger partial charge is 0.204 e. The molecule has 0 amide bonds. The van der Waals surface area contributed by atoms with Gasteiger partial charge in [-0.05, 0) is 113 Å². The van der Waals surface area contributed by atoms with E-state index in [-0.39, 0.29) is 23.9 Å². The average Bonchev–Trinajstić information content (AvgIpc) is 2.78. The Bertz CT molecular complexity index is 718. The summed E-state index contributed by atoms with van der Waals surface area (Å²) in [6.07, 6.45) is 12.4. The highest BCUT2D eigenvalue weighted by Gasteiger charge is 2.31. The van der Waals surface area contributed by atoms with Crippen LogP contribution in [0.5, 0.6) is 11.5 Å². The van der Waals surface area contributed by atoms with Crippen molar-refractivity contribution in [2.75, 3.05) is 13.2 Å². The summed E-state index contributed by atoms with van der Waals surface area (Å²) in [5.74, 6) is 0.277. The Kier molecular flexibility index (Phi) is 9.15. The van der Waals surface area contributed by atoms with Gasteiger partial charge in [-0.3, -0.25) is 0 Å².